The van der Waals surface area contributed by atoms with Crippen LogP contribution in [0.15, 0.2) is 67.0 Å². The molecule has 0 atom stereocenters. The number of hydrogen-bond donors (Lipinski definition) is 0. The molecule has 0 unspecified atom stereocenters. The average molecular weight is 468 g/mol. The predicted molar refractivity (Wildman–Crippen MR) is 142 cm³/mol. The first-order valence-electron chi connectivity index (χ1n) is 12.8. The highest BCUT2D eigenvalue weighted by Crippen LogP contribution is 2.32. The van der Waals surface area contributed by atoms with Crippen LogP contribution in [0.5, 0.6) is 5.75 Å². The second-order valence-electron chi connectivity index (χ2n) is 9.74. The highest BCUT2D eigenvalue weighted by atomic mass is 16.5. The van der Waals surface area contributed by atoms with Crippen molar-refractivity contribution < 1.29 is 4.74 Å². The van der Waals surface area contributed by atoms with Crippen LogP contribution in [0.1, 0.15) is 18.4 Å². The molecule has 2 aromatic carbocycles. The zero-order valence-electron chi connectivity index (χ0n) is 20.4. The highest BCUT2D eigenvalue weighted by Gasteiger charge is 2.28. The molecule has 0 bridgehead atoms. The average Bonchev–Trinajstić information content (AvgIpc) is 2.93. The Morgan fingerprint density at radius 3 is 2.29 bits per heavy atom. The van der Waals surface area contributed by atoms with Crippen molar-refractivity contribution in [1.29, 1.82) is 0 Å². The molecule has 6 nitrogen and oxygen atoms in total. The lowest BCUT2D eigenvalue weighted by molar-refractivity contribution is 0.100. The molecule has 2 saturated heterocycles. The van der Waals surface area contributed by atoms with Crippen molar-refractivity contribution in [1.82, 2.24) is 19.8 Å². The van der Waals surface area contributed by atoms with Crippen LogP contribution < -0.4 is 9.64 Å². The van der Waals surface area contributed by atoms with E-state index in [2.05, 4.69) is 67.1 Å². The van der Waals surface area contributed by atoms with Crippen LogP contribution in [-0.2, 0) is 6.54 Å². The Labute approximate surface area is 207 Å². The molecular weight excluding hydrogens is 434 g/mol. The van der Waals surface area contributed by atoms with Gasteiger partial charge in [0.15, 0.2) is 0 Å². The number of hydrogen-bond acceptors (Lipinski definition) is 6. The summed E-state index contributed by atoms with van der Waals surface area (Å²) in [5.41, 5.74) is 4.75. The third-order valence-electron chi connectivity index (χ3n) is 7.73. The van der Waals surface area contributed by atoms with Gasteiger partial charge in [-0.25, -0.2) is 0 Å². The SMILES string of the molecule is COc1cc(N2CCN(C3CCN(Cc4cccc5cccnc45)CC3)CC2)c2ncccc2c1. The van der Waals surface area contributed by atoms with E-state index in [0.29, 0.717) is 6.04 Å². The first-order valence-corrected chi connectivity index (χ1v) is 12.8. The molecule has 6 heteroatoms. The summed E-state index contributed by atoms with van der Waals surface area (Å²) in [6, 6.07) is 19.7. The van der Waals surface area contributed by atoms with Gasteiger partial charge in [0, 0.05) is 68.0 Å². The maximum absolute atomic E-state index is 5.57. The number of ether oxygens (including phenoxy) is 1. The molecule has 0 saturated carbocycles. The maximum atomic E-state index is 5.57. The molecule has 2 aromatic heterocycles. The molecule has 0 spiro atoms. The van der Waals surface area contributed by atoms with Crippen LogP contribution in [0.4, 0.5) is 5.69 Å². The van der Waals surface area contributed by atoms with Gasteiger partial charge in [-0.05, 0) is 49.7 Å². The Kier molecular flexibility index (Phi) is 6.23. The van der Waals surface area contributed by atoms with Crippen molar-refractivity contribution in [2.24, 2.45) is 0 Å². The van der Waals surface area contributed by atoms with Crippen molar-refractivity contribution in [2.45, 2.75) is 25.4 Å². The fraction of sp³-hybridized carbons (Fsp3) is 0.379. The molecule has 0 aliphatic carbocycles. The van der Waals surface area contributed by atoms with Crippen molar-refractivity contribution >= 4 is 27.5 Å². The van der Waals surface area contributed by atoms with E-state index in [-0.39, 0.29) is 0 Å². The molecule has 2 aliphatic heterocycles. The van der Waals surface area contributed by atoms with Gasteiger partial charge in [-0.2, -0.15) is 0 Å². The molecule has 6 rings (SSSR count). The molecule has 0 N–H and O–H groups in total. The third-order valence-corrected chi connectivity index (χ3v) is 7.73. The molecule has 180 valence electrons. The summed E-state index contributed by atoms with van der Waals surface area (Å²) < 4.78 is 5.57. The summed E-state index contributed by atoms with van der Waals surface area (Å²) in [7, 11) is 1.74. The number of nitrogens with zero attached hydrogens (tertiary/aromatic N) is 5. The van der Waals surface area contributed by atoms with Crippen LogP contribution in [0.25, 0.3) is 21.8 Å². The standard InChI is InChI=1S/C29H33N5O/c1-35-26-19-23-8-4-12-31-29(23)27(20-26)34-17-15-33(16-18-34)25-9-13-32(14-10-25)21-24-6-2-5-22-7-3-11-30-28(22)24/h2-8,11-12,19-20,25H,9-10,13-18,21H2,1H3. The van der Waals surface area contributed by atoms with Crippen molar-refractivity contribution in [3.8, 4) is 5.75 Å². The summed E-state index contributed by atoms with van der Waals surface area (Å²) in [4.78, 5) is 17.1. The minimum Gasteiger partial charge on any atom is -0.497 e. The Bertz CT molecular complexity index is 1300. The van der Waals surface area contributed by atoms with Gasteiger partial charge in [0.2, 0.25) is 0 Å². The lowest BCUT2D eigenvalue weighted by atomic mass is 10.0. The number of para-hydroxylation sites is 1. The third kappa shape index (κ3) is 4.56. The second kappa shape index (κ2) is 9.80. The number of piperidine rings is 1. The van der Waals surface area contributed by atoms with Crippen LogP contribution in [0.3, 0.4) is 0 Å². The van der Waals surface area contributed by atoms with E-state index >= 15 is 0 Å². The first-order chi connectivity index (χ1) is 17.3. The minimum absolute atomic E-state index is 0.680. The lowest BCUT2D eigenvalue weighted by Crippen LogP contribution is -2.53. The number of anilines is 1. The number of benzene rings is 2. The van der Waals surface area contributed by atoms with E-state index < -0.39 is 0 Å². The maximum Gasteiger partial charge on any atom is 0.121 e. The number of pyridine rings is 2. The highest BCUT2D eigenvalue weighted by molar-refractivity contribution is 5.92. The monoisotopic (exact) mass is 467 g/mol. The van der Waals surface area contributed by atoms with Gasteiger partial charge in [0.1, 0.15) is 5.75 Å². The van der Waals surface area contributed by atoms with E-state index in [1.54, 1.807) is 7.11 Å². The Hall–Kier alpha value is -3.22. The number of piperazine rings is 1. The zero-order chi connectivity index (χ0) is 23.6. The first kappa shape index (κ1) is 22.3. The van der Waals surface area contributed by atoms with Gasteiger partial charge in [-0.3, -0.25) is 19.8 Å². The quantitative estimate of drug-likeness (QED) is 0.428. The number of methoxy groups -OCH3 is 1. The molecule has 2 fully saturated rings. The Morgan fingerprint density at radius 2 is 1.51 bits per heavy atom. The summed E-state index contributed by atoms with van der Waals surface area (Å²) in [5, 5.41) is 2.37. The van der Waals surface area contributed by atoms with Gasteiger partial charge >= 0.3 is 0 Å². The van der Waals surface area contributed by atoms with E-state index in [9.17, 15) is 0 Å². The zero-order valence-corrected chi connectivity index (χ0v) is 20.4. The fourth-order valence-electron chi connectivity index (χ4n) is 5.81. The summed E-state index contributed by atoms with van der Waals surface area (Å²) in [6.07, 6.45) is 6.27. The molecule has 0 radical (unpaired) electrons. The van der Waals surface area contributed by atoms with Gasteiger partial charge in [-0.15, -0.1) is 0 Å². The number of fused-ring (bicyclic) bond motifs is 2. The molecular formula is C29H33N5O. The molecule has 4 heterocycles. The smallest absolute Gasteiger partial charge is 0.121 e. The summed E-state index contributed by atoms with van der Waals surface area (Å²) in [5.74, 6) is 0.900. The van der Waals surface area contributed by atoms with Gasteiger partial charge < -0.3 is 9.64 Å². The normalized spacial score (nSPS) is 18.4. The van der Waals surface area contributed by atoms with E-state index in [0.717, 1.165) is 68.0 Å². The predicted octanol–water partition coefficient (Wildman–Crippen LogP) is 4.58. The van der Waals surface area contributed by atoms with Crippen molar-refractivity contribution in [3.63, 3.8) is 0 Å². The molecule has 2 aliphatic rings. The van der Waals surface area contributed by atoms with E-state index in [4.69, 9.17) is 4.74 Å². The van der Waals surface area contributed by atoms with E-state index in [1.165, 1.54) is 29.5 Å². The lowest BCUT2D eigenvalue weighted by Gasteiger charge is -2.43. The topological polar surface area (TPSA) is 44.7 Å². The van der Waals surface area contributed by atoms with Gasteiger partial charge in [0.05, 0.1) is 23.8 Å². The number of likely N-dealkylation sites (tertiary alicyclic amines) is 1. The van der Waals surface area contributed by atoms with Gasteiger partial charge in [0.25, 0.3) is 0 Å². The van der Waals surface area contributed by atoms with Crippen LogP contribution in [0.2, 0.25) is 0 Å². The summed E-state index contributed by atoms with van der Waals surface area (Å²) >= 11 is 0. The number of rotatable bonds is 5. The molecule has 35 heavy (non-hydrogen) atoms. The number of aromatic nitrogens is 2. The second-order valence-corrected chi connectivity index (χ2v) is 9.74. The van der Waals surface area contributed by atoms with E-state index in [1.807, 2.05) is 24.5 Å². The molecule has 0 amide bonds. The minimum atomic E-state index is 0.680. The van der Waals surface area contributed by atoms with Crippen LogP contribution in [-0.4, -0.2) is 72.2 Å². The van der Waals surface area contributed by atoms with Crippen LogP contribution in [0, 0.1) is 0 Å². The summed E-state index contributed by atoms with van der Waals surface area (Å²) in [6.45, 7) is 7.55. The Balaban J connectivity index is 1.07. The van der Waals surface area contributed by atoms with Crippen molar-refractivity contribution in [2.75, 3.05) is 51.3 Å². The van der Waals surface area contributed by atoms with Gasteiger partial charge in [-0.1, -0.05) is 30.3 Å². The van der Waals surface area contributed by atoms with Crippen molar-refractivity contribution in [3.05, 3.63) is 72.6 Å². The largest absolute Gasteiger partial charge is 0.497 e. The fourth-order valence-corrected chi connectivity index (χ4v) is 5.81. The van der Waals surface area contributed by atoms with Crippen LogP contribution >= 0.6 is 0 Å². The molecule has 4 aromatic rings. The Morgan fingerprint density at radius 1 is 0.800 bits per heavy atom.